The summed E-state index contributed by atoms with van der Waals surface area (Å²) >= 11 is 5.92. The van der Waals surface area contributed by atoms with Crippen LogP contribution >= 0.6 is 11.6 Å². The van der Waals surface area contributed by atoms with Gasteiger partial charge in [0.1, 0.15) is 0 Å². The molecule has 1 unspecified atom stereocenters. The van der Waals surface area contributed by atoms with Crippen molar-refractivity contribution in [1.29, 1.82) is 0 Å². The monoisotopic (exact) mass is 263 g/mol. The fourth-order valence-corrected chi connectivity index (χ4v) is 2.39. The van der Waals surface area contributed by atoms with Gasteiger partial charge in [-0.15, -0.1) is 0 Å². The van der Waals surface area contributed by atoms with Crippen LogP contribution in [0.5, 0.6) is 0 Å². The number of hydrogen-bond acceptors (Lipinski definition) is 3. The molecule has 1 aromatic rings. The van der Waals surface area contributed by atoms with Gasteiger partial charge < -0.3 is 5.11 Å². The van der Waals surface area contributed by atoms with E-state index in [-0.39, 0.29) is 12.2 Å². The summed E-state index contributed by atoms with van der Waals surface area (Å²) in [5, 5.41) is 15.4. The maximum atomic E-state index is 10.8. The summed E-state index contributed by atoms with van der Waals surface area (Å²) in [5.41, 5.74) is -0.801. The van der Waals surface area contributed by atoms with Gasteiger partial charge in [-0.05, 0) is 19.4 Å². The minimum atomic E-state index is -3.58. The molecule has 0 aliphatic rings. The predicted molar refractivity (Wildman–Crippen MR) is 63.6 cm³/mol. The molecule has 90 valence electrons. The molecule has 0 bridgehead atoms. The molecule has 0 amide bonds. The van der Waals surface area contributed by atoms with Crippen LogP contribution in [-0.4, -0.2) is 19.3 Å². The molecule has 0 spiro atoms. The predicted octanol–water partition coefficient (Wildman–Crippen LogP) is 1.23. The molecule has 0 fully saturated rings. The highest BCUT2D eigenvalue weighted by Gasteiger charge is 2.26. The minimum Gasteiger partial charge on any atom is -0.385 e. The van der Waals surface area contributed by atoms with Gasteiger partial charge in [0, 0.05) is 10.6 Å². The van der Waals surface area contributed by atoms with Crippen LogP contribution in [0.2, 0.25) is 5.02 Å². The fraction of sp³-hybridized carbons (Fsp3) is 0.400. The zero-order valence-electron chi connectivity index (χ0n) is 8.85. The number of aliphatic hydroxyl groups is 1. The molecule has 1 rings (SSSR count). The summed E-state index contributed by atoms with van der Waals surface area (Å²) in [6, 6.07) is 6.77. The van der Waals surface area contributed by atoms with Gasteiger partial charge in [-0.2, -0.15) is 0 Å². The fourth-order valence-electron chi connectivity index (χ4n) is 1.37. The SMILES string of the molecule is CC(O)(CCS(N)(=O)=O)c1ccccc1Cl. The number of halogens is 1. The number of primary sulfonamides is 1. The molecular weight excluding hydrogens is 250 g/mol. The molecule has 1 aromatic carbocycles. The third kappa shape index (κ3) is 3.75. The van der Waals surface area contributed by atoms with Gasteiger partial charge in [0.15, 0.2) is 0 Å². The Labute approximate surface area is 100 Å². The molecule has 0 heterocycles. The summed E-state index contributed by atoms with van der Waals surface area (Å²) < 4.78 is 21.7. The van der Waals surface area contributed by atoms with Gasteiger partial charge in [-0.1, -0.05) is 29.8 Å². The van der Waals surface area contributed by atoms with E-state index in [0.29, 0.717) is 10.6 Å². The Morgan fingerprint density at radius 1 is 1.44 bits per heavy atom. The first-order valence-electron chi connectivity index (χ1n) is 4.70. The molecule has 0 radical (unpaired) electrons. The summed E-state index contributed by atoms with van der Waals surface area (Å²) in [5.74, 6) is -0.286. The second-order valence-electron chi connectivity index (χ2n) is 3.87. The standard InChI is InChI=1S/C10H14ClNO3S/c1-10(13,6-7-16(12,14)15)8-4-2-3-5-9(8)11/h2-5,13H,6-7H2,1H3,(H2,12,14,15). The maximum absolute atomic E-state index is 10.8. The van der Waals surface area contributed by atoms with Crippen molar-refractivity contribution in [2.75, 3.05) is 5.75 Å². The van der Waals surface area contributed by atoms with Crippen molar-refractivity contribution in [3.8, 4) is 0 Å². The summed E-state index contributed by atoms with van der Waals surface area (Å²) in [7, 11) is -3.58. The van der Waals surface area contributed by atoms with Crippen LogP contribution in [-0.2, 0) is 15.6 Å². The topological polar surface area (TPSA) is 80.4 Å². The van der Waals surface area contributed by atoms with Crippen LogP contribution in [0.1, 0.15) is 18.9 Å². The Bertz CT molecular complexity index is 471. The number of rotatable bonds is 4. The number of sulfonamides is 1. The van der Waals surface area contributed by atoms with Crippen molar-refractivity contribution in [2.45, 2.75) is 18.9 Å². The van der Waals surface area contributed by atoms with Gasteiger partial charge >= 0.3 is 0 Å². The van der Waals surface area contributed by atoms with E-state index in [1.165, 1.54) is 6.92 Å². The van der Waals surface area contributed by atoms with E-state index in [1.807, 2.05) is 0 Å². The molecule has 0 saturated carbocycles. The quantitative estimate of drug-likeness (QED) is 0.857. The van der Waals surface area contributed by atoms with Gasteiger partial charge in [-0.3, -0.25) is 0 Å². The smallest absolute Gasteiger partial charge is 0.209 e. The highest BCUT2D eigenvalue weighted by Crippen LogP contribution is 2.30. The van der Waals surface area contributed by atoms with E-state index in [0.717, 1.165) is 0 Å². The lowest BCUT2D eigenvalue weighted by atomic mass is 9.93. The van der Waals surface area contributed by atoms with Crippen molar-refractivity contribution in [3.63, 3.8) is 0 Å². The lowest BCUT2D eigenvalue weighted by Crippen LogP contribution is -2.28. The van der Waals surface area contributed by atoms with E-state index < -0.39 is 15.6 Å². The Kier molecular flexibility index (Phi) is 3.96. The van der Waals surface area contributed by atoms with Crippen LogP contribution in [0.4, 0.5) is 0 Å². The van der Waals surface area contributed by atoms with E-state index in [9.17, 15) is 13.5 Å². The van der Waals surface area contributed by atoms with E-state index in [1.54, 1.807) is 24.3 Å². The second kappa shape index (κ2) is 4.71. The van der Waals surface area contributed by atoms with Gasteiger partial charge in [0.2, 0.25) is 10.0 Å². The third-order valence-electron chi connectivity index (χ3n) is 2.33. The molecule has 0 saturated heterocycles. The lowest BCUT2D eigenvalue weighted by Gasteiger charge is -2.24. The van der Waals surface area contributed by atoms with Crippen molar-refractivity contribution in [2.24, 2.45) is 5.14 Å². The zero-order valence-corrected chi connectivity index (χ0v) is 10.4. The first-order valence-corrected chi connectivity index (χ1v) is 6.79. The first kappa shape index (κ1) is 13.4. The van der Waals surface area contributed by atoms with E-state index in [2.05, 4.69) is 0 Å². The number of hydrogen-bond donors (Lipinski definition) is 2. The lowest BCUT2D eigenvalue weighted by molar-refractivity contribution is 0.0540. The third-order valence-corrected chi connectivity index (χ3v) is 3.43. The summed E-state index contributed by atoms with van der Waals surface area (Å²) in [6.07, 6.45) is 0.00949. The van der Waals surface area contributed by atoms with Crippen molar-refractivity contribution in [3.05, 3.63) is 34.9 Å². The molecule has 0 aromatic heterocycles. The Morgan fingerprint density at radius 2 is 2.00 bits per heavy atom. The zero-order chi connectivity index (χ0) is 12.4. The van der Waals surface area contributed by atoms with Crippen LogP contribution < -0.4 is 5.14 Å². The maximum Gasteiger partial charge on any atom is 0.209 e. The van der Waals surface area contributed by atoms with Crippen molar-refractivity contribution >= 4 is 21.6 Å². The van der Waals surface area contributed by atoms with Gasteiger partial charge in [0.25, 0.3) is 0 Å². The van der Waals surface area contributed by atoms with Crippen molar-refractivity contribution < 1.29 is 13.5 Å². The molecule has 4 nitrogen and oxygen atoms in total. The molecule has 0 aliphatic heterocycles. The van der Waals surface area contributed by atoms with E-state index >= 15 is 0 Å². The van der Waals surface area contributed by atoms with E-state index in [4.69, 9.17) is 16.7 Å². The Hall–Kier alpha value is -0.620. The normalized spacial score (nSPS) is 15.8. The highest BCUT2D eigenvalue weighted by molar-refractivity contribution is 7.89. The van der Waals surface area contributed by atoms with Crippen LogP contribution in [0, 0.1) is 0 Å². The number of nitrogens with two attached hydrogens (primary N) is 1. The Morgan fingerprint density at radius 3 is 2.50 bits per heavy atom. The van der Waals surface area contributed by atoms with Gasteiger partial charge in [0.05, 0.1) is 11.4 Å². The van der Waals surface area contributed by atoms with Crippen LogP contribution in [0.15, 0.2) is 24.3 Å². The molecule has 16 heavy (non-hydrogen) atoms. The van der Waals surface area contributed by atoms with Gasteiger partial charge in [-0.25, -0.2) is 13.6 Å². The average Bonchev–Trinajstić information content (AvgIpc) is 2.14. The first-order chi connectivity index (χ1) is 7.22. The van der Waals surface area contributed by atoms with Crippen molar-refractivity contribution in [1.82, 2.24) is 0 Å². The largest absolute Gasteiger partial charge is 0.385 e. The van der Waals surface area contributed by atoms with Crippen LogP contribution in [0.25, 0.3) is 0 Å². The highest BCUT2D eigenvalue weighted by atomic mass is 35.5. The molecule has 6 heteroatoms. The second-order valence-corrected chi connectivity index (χ2v) is 6.01. The molecule has 3 N–H and O–H groups in total. The summed E-state index contributed by atoms with van der Waals surface area (Å²) in [4.78, 5) is 0. The summed E-state index contributed by atoms with van der Waals surface area (Å²) in [6.45, 7) is 1.51. The molecular formula is C10H14ClNO3S. The molecule has 1 atom stereocenters. The molecule has 0 aliphatic carbocycles. The van der Waals surface area contributed by atoms with Crippen LogP contribution in [0.3, 0.4) is 0 Å². The Balaban J connectivity index is 2.90. The average molecular weight is 264 g/mol. The number of benzene rings is 1. The minimum absolute atomic E-state index is 0.00949.